The van der Waals surface area contributed by atoms with Gasteiger partial charge < -0.3 is 0 Å². The van der Waals surface area contributed by atoms with Gasteiger partial charge in [-0.05, 0) is 51.2 Å². The molecule has 19 heavy (non-hydrogen) atoms. The van der Waals surface area contributed by atoms with Crippen molar-refractivity contribution in [2.45, 2.75) is 46.0 Å². The minimum atomic E-state index is 0.230. The maximum atomic E-state index is 12.3. The highest BCUT2D eigenvalue weighted by molar-refractivity contribution is 7.14. The van der Waals surface area contributed by atoms with Crippen molar-refractivity contribution >= 4 is 28.5 Å². The Bertz CT molecular complexity index is 581. The largest absolute Gasteiger partial charge is 0.293 e. The first-order valence-corrected chi connectivity index (χ1v) is 8.34. The zero-order valence-electron chi connectivity index (χ0n) is 11.3. The number of carbonyl (C=O) groups excluding carboxylic acids is 1. The zero-order chi connectivity index (χ0) is 13.4. The Morgan fingerprint density at radius 1 is 1.26 bits per heavy atom. The van der Waals surface area contributed by atoms with Crippen LogP contribution in [0.15, 0.2) is 6.07 Å². The summed E-state index contributed by atoms with van der Waals surface area (Å²) in [6, 6.07) is 2.12. The molecule has 0 aromatic carbocycles. The van der Waals surface area contributed by atoms with Gasteiger partial charge in [0.05, 0.1) is 17.0 Å². The molecule has 0 N–H and O–H groups in total. The second-order valence-corrected chi connectivity index (χ2v) is 7.54. The molecule has 2 heterocycles. The second-order valence-electron chi connectivity index (χ2n) is 5.12. The molecule has 4 heteroatoms. The Morgan fingerprint density at radius 3 is 2.74 bits per heavy atom. The highest BCUT2D eigenvalue weighted by Gasteiger charge is 2.18. The quantitative estimate of drug-likeness (QED) is 0.796. The van der Waals surface area contributed by atoms with Crippen molar-refractivity contribution in [3.8, 4) is 0 Å². The average Bonchev–Trinajstić information content (AvgIpc) is 2.93. The summed E-state index contributed by atoms with van der Waals surface area (Å²) in [4.78, 5) is 20.4. The van der Waals surface area contributed by atoms with Gasteiger partial charge in [0.1, 0.15) is 5.01 Å². The first kappa shape index (κ1) is 13.0. The molecular formula is C15H17NOS2. The Morgan fingerprint density at radius 2 is 2.05 bits per heavy atom. The molecular weight excluding hydrogens is 274 g/mol. The molecule has 2 aromatic rings. The lowest BCUT2D eigenvalue weighted by Gasteiger charge is -2.08. The molecule has 2 nitrogen and oxygen atoms in total. The second kappa shape index (κ2) is 5.17. The van der Waals surface area contributed by atoms with Gasteiger partial charge in [0, 0.05) is 9.75 Å². The van der Waals surface area contributed by atoms with Gasteiger partial charge in [0.2, 0.25) is 0 Å². The lowest BCUT2D eigenvalue weighted by atomic mass is 9.99. The fourth-order valence-electron chi connectivity index (χ4n) is 2.47. The van der Waals surface area contributed by atoms with Crippen molar-refractivity contribution in [1.82, 2.24) is 4.98 Å². The van der Waals surface area contributed by atoms with E-state index in [1.807, 2.05) is 6.92 Å². The summed E-state index contributed by atoms with van der Waals surface area (Å²) in [6.45, 7) is 4.06. The normalized spacial score (nSPS) is 14.4. The Kier molecular flexibility index (Phi) is 3.54. The van der Waals surface area contributed by atoms with Gasteiger partial charge in [0.25, 0.3) is 0 Å². The number of nitrogens with zero attached hydrogens (tertiary/aromatic N) is 1. The highest BCUT2D eigenvalue weighted by atomic mass is 32.1. The van der Waals surface area contributed by atoms with Crippen LogP contribution < -0.4 is 0 Å². The van der Waals surface area contributed by atoms with Gasteiger partial charge in [-0.15, -0.1) is 22.7 Å². The van der Waals surface area contributed by atoms with Gasteiger partial charge in [-0.2, -0.15) is 0 Å². The molecule has 0 unspecified atom stereocenters. The third-order valence-electron chi connectivity index (χ3n) is 3.66. The molecule has 0 amide bonds. The summed E-state index contributed by atoms with van der Waals surface area (Å²) in [6.07, 6.45) is 5.30. The van der Waals surface area contributed by atoms with Crippen LogP contribution in [-0.4, -0.2) is 10.8 Å². The predicted molar refractivity (Wildman–Crippen MR) is 80.6 cm³/mol. The van der Waals surface area contributed by atoms with Crippen molar-refractivity contribution in [1.29, 1.82) is 0 Å². The van der Waals surface area contributed by atoms with Crippen LogP contribution in [0.25, 0.3) is 0 Å². The monoisotopic (exact) mass is 291 g/mol. The summed E-state index contributed by atoms with van der Waals surface area (Å²) in [5.41, 5.74) is 2.46. The number of rotatable bonds is 3. The molecule has 0 atom stereocenters. The van der Waals surface area contributed by atoms with Gasteiger partial charge in [-0.25, -0.2) is 4.98 Å². The van der Waals surface area contributed by atoms with Gasteiger partial charge >= 0.3 is 0 Å². The summed E-state index contributed by atoms with van der Waals surface area (Å²) < 4.78 is 0. The van der Waals surface area contributed by atoms with Crippen LogP contribution in [0.3, 0.4) is 0 Å². The fourth-order valence-corrected chi connectivity index (χ4v) is 4.59. The molecule has 0 radical (unpaired) electrons. The SMILES string of the molecule is Cc1nc(CC(=O)c2cc3c(s2)CCCC3)sc1C. The highest BCUT2D eigenvalue weighted by Crippen LogP contribution is 2.30. The number of fused-ring (bicyclic) bond motifs is 1. The maximum absolute atomic E-state index is 12.3. The van der Waals surface area contributed by atoms with Gasteiger partial charge in [-0.3, -0.25) is 4.79 Å². The molecule has 100 valence electrons. The van der Waals surface area contributed by atoms with Crippen molar-refractivity contribution in [3.63, 3.8) is 0 Å². The van der Waals surface area contributed by atoms with Crippen LogP contribution in [0.5, 0.6) is 0 Å². The topological polar surface area (TPSA) is 30.0 Å². The van der Waals surface area contributed by atoms with E-state index in [1.165, 1.54) is 28.2 Å². The standard InChI is InChI=1S/C15H17NOS2/c1-9-10(2)18-15(16-9)8-12(17)14-7-11-5-3-4-6-13(11)19-14/h7H,3-6,8H2,1-2H3. The molecule has 0 fully saturated rings. The number of thiophene rings is 1. The van der Waals surface area contributed by atoms with E-state index in [-0.39, 0.29) is 5.78 Å². The van der Waals surface area contributed by atoms with Crippen molar-refractivity contribution in [2.24, 2.45) is 0 Å². The minimum Gasteiger partial charge on any atom is -0.293 e. The van der Waals surface area contributed by atoms with E-state index in [2.05, 4.69) is 18.0 Å². The molecule has 0 saturated carbocycles. The number of thiazole rings is 1. The minimum absolute atomic E-state index is 0.230. The number of carbonyl (C=O) groups is 1. The van der Waals surface area contributed by atoms with Crippen LogP contribution in [0, 0.1) is 13.8 Å². The van der Waals surface area contributed by atoms with Crippen LogP contribution in [0.2, 0.25) is 0 Å². The van der Waals surface area contributed by atoms with E-state index in [0.717, 1.165) is 28.4 Å². The van der Waals surface area contributed by atoms with Gasteiger partial charge in [-0.1, -0.05) is 0 Å². The third kappa shape index (κ3) is 2.65. The summed E-state index contributed by atoms with van der Waals surface area (Å²) >= 11 is 3.35. The molecule has 1 aliphatic carbocycles. The molecule has 3 rings (SSSR count). The van der Waals surface area contributed by atoms with Gasteiger partial charge in [0.15, 0.2) is 5.78 Å². The lowest BCUT2D eigenvalue weighted by Crippen LogP contribution is -2.00. The third-order valence-corrected chi connectivity index (χ3v) is 6.01. The van der Waals surface area contributed by atoms with Crippen molar-refractivity contribution in [3.05, 3.63) is 37.0 Å². The maximum Gasteiger partial charge on any atom is 0.179 e. The molecule has 0 saturated heterocycles. The Labute approximate surface area is 121 Å². The van der Waals surface area contributed by atoms with E-state index < -0.39 is 0 Å². The van der Waals surface area contributed by atoms with Crippen LogP contribution in [0.1, 0.15) is 48.5 Å². The van der Waals surface area contributed by atoms with Crippen molar-refractivity contribution in [2.75, 3.05) is 0 Å². The van der Waals surface area contributed by atoms with E-state index >= 15 is 0 Å². The number of Topliss-reactive ketones (excluding diaryl/α,β-unsaturated/α-hetero) is 1. The predicted octanol–water partition coefficient (Wildman–Crippen LogP) is 4.13. The Hall–Kier alpha value is -1.00. The smallest absolute Gasteiger partial charge is 0.179 e. The number of hydrogen-bond acceptors (Lipinski definition) is 4. The molecule has 0 bridgehead atoms. The zero-order valence-corrected chi connectivity index (χ0v) is 12.9. The fraction of sp³-hybridized carbons (Fsp3) is 0.467. The molecule has 1 aliphatic rings. The number of aryl methyl sites for hydroxylation is 4. The van der Waals surface area contributed by atoms with E-state index in [4.69, 9.17) is 0 Å². The summed E-state index contributed by atoms with van der Waals surface area (Å²) in [5, 5.41) is 0.950. The van der Waals surface area contributed by atoms with E-state index in [0.29, 0.717) is 6.42 Å². The Balaban J connectivity index is 1.78. The number of aromatic nitrogens is 1. The number of hydrogen-bond donors (Lipinski definition) is 0. The van der Waals surface area contributed by atoms with E-state index in [1.54, 1.807) is 22.7 Å². The van der Waals surface area contributed by atoms with Crippen LogP contribution in [0.4, 0.5) is 0 Å². The molecule has 0 aliphatic heterocycles. The molecule has 0 spiro atoms. The average molecular weight is 291 g/mol. The molecule has 2 aromatic heterocycles. The van der Waals surface area contributed by atoms with E-state index in [9.17, 15) is 4.79 Å². The number of ketones is 1. The summed E-state index contributed by atoms with van der Waals surface area (Å²) in [7, 11) is 0. The van der Waals surface area contributed by atoms with Crippen LogP contribution in [-0.2, 0) is 19.3 Å². The van der Waals surface area contributed by atoms with Crippen LogP contribution >= 0.6 is 22.7 Å². The van der Waals surface area contributed by atoms with Crippen molar-refractivity contribution < 1.29 is 4.79 Å². The lowest BCUT2D eigenvalue weighted by molar-refractivity contribution is 0.0996. The summed E-state index contributed by atoms with van der Waals surface area (Å²) in [5.74, 6) is 0.230. The first-order valence-electron chi connectivity index (χ1n) is 6.71. The first-order chi connectivity index (χ1) is 9.13.